The van der Waals surface area contributed by atoms with E-state index in [0.717, 1.165) is 38.4 Å². The van der Waals surface area contributed by atoms with Crippen molar-refractivity contribution in [2.24, 2.45) is 4.99 Å². The van der Waals surface area contributed by atoms with Gasteiger partial charge >= 0.3 is 0 Å². The number of nitrogens with one attached hydrogen (secondary N) is 2. The van der Waals surface area contributed by atoms with Gasteiger partial charge in [0.1, 0.15) is 0 Å². The van der Waals surface area contributed by atoms with E-state index < -0.39 is 0 Å². The molecule has 0 saturated heterocycles. The highest BCUT2D eigenvalue weighted by molar-refractivity contribution is 14.0. The van der Waals surface area contributed by atoms with Crippen LogP contribution in [0.5, 0.6) is 0 Å². The van der Waals surface area contributed by atoms with Crippen molar-refractivity contribution < 1.29 is 0 Å². The second-order valence-corrected chi connectivity index (χ2v) is 5.35. The molecule has 0 heterocycles. The lowest BCUT2D eigenvalue weighted by Crippen LogP contribution is -2.38. The number of nitrogens with zero attached hydrogens (tertiary/aromatic N) is 2. The molecule has 0 unspecified atom stereocenters. The quantitative estimate of drug-likeness (QED) is 0.295. The molecule has 0 aliphatic heterocycles. The largest absolute Gasteiger partial charge is 0.378 e. The molecule has 22 heavy (non-hydrogen) atoms. The maximum absolute atomic E-state index is 4.56. The molecule has 1 aromatic rings. The van der Waals surface area contributed by atoms with Gasteiger partial charge in [-0.3, -0.25) is 4.99 Å². The predicted octanol–water partition coefficient (Wildman–Crippen LogP) is 3.27. The van der Waals surface area contributed by atoms with Crippen LogP contribution in [0.15, 0.2) is 29.3 Å². The molecular formula is C17H31IN4. The molecule has 0 aliphatic carbocycles. The number of aliphatic imine (C=N–C) groups is 1. The maximum atomic E-state index is 4.56. The average Bonchev–Trinajstić information content (AvgIpc) is 2.48. The molecule has 126 valence electrons. The number of hydrogen-bond donors (Lipinski definition) is 2. The number of benzene rings is 1. The lowest BCUT2D eigenvalue weighted by molar-refractivity contribution is 0.767. The van der Waals surface area contributed by atoms with E-state index in [2.05, 4.69) is 72.7 Å². The lowest BCUT2D eigenvalue weighted by atomic mass is 10.1. The molecule has 0 amide bonds. The van der Waals surface area contributed by atoms with Crippen molar-refractivity contribution in [3.63, 3.8) is 0 Å². The van der Waals surface area contributed by atoms with E-state index in [1.165, 1.54) is 17.7 Å². The summed E-state index contributed by atoms with van der Waals surface area (Å²) in [7, 11) is 4.12. The van der Waals surface area contributed by atoms with Crippen LogP contribution >= 0.6 is 24.0 Å². The van der Waals surface area contributed by atoms with Gasteiger partial charge in [0.2, 0.25) is 0 Å². The Labute approximate surface area is 152 Å². The Balaban J connectivity index is 0.00000441. The van der Waals surface area contributed by atoms with Crippen molar-refractivity contribution in [1.29, 1.82) is 0 Å². The van der Waals surface area contributed by atoms with Crippen LogP contribution in [0.1, 0.15) is 32.3 Å². The Hall–Kier alpha value is -0.980. The van der Waals surface area contributed by atoms with Gasteiger partial charge in [0.05, 0.1) is 0 Å². The molecular weight excluding hydrogens is 387 g/mol. The number of unbranched alkanes of at least 4 members (excludes halogenated alkanes) is 1. The zero-order chi connectivity index (χ0) is 15.5. The van der Waals surface area contributed by atoms with Crippen molar-refractivity contribution >= 4 is 35.6 Å². The molecule has 5 heteroatoms. The minimum absolute atomic E-state index is 0. The number of halogens is 1. The molecule has 0 bridgehead atoms. The number of anilines is 1. The summed E-state index contributed by atoms with van der Waals surface area (Å²) in [6.07, 6.45) is 3.33. The smallest absolute Gasteiger partial charge is 0.191 e. The number of rotatable bonds is 8. The molecule has 0 spiro atoms. The minimum atomic E-state index is 0. The zero-order valence-corrected chi connectivity index (χ0v) is 16.7. The fourth-order valence-electron chi connectivity index (χ4n) is 1.98. The summed E-state index contributed by atoms with van der Waals surface area (Å²) in [5, 5.41) is 6.68. The van der Waals surface area contributed by atoms with Crippen LogP contribution in [0.25, 0.3) is 0 Å². The third kappa shape index (κ3) is 8.46. The molecule has 0 saturated carbocycles. The summed E-state index contributed by atoms with van der Waals surface area (Å²) < 4.78 is 0. The summed E-state index contributed by atoms with van der Waals surface area (Å²) >= 11 is 0. The summed E-state index contributed by atoms with van der Waals surface area (Å²) in [6, 6.07) is 8.71. The highest BCUT2D eigenvalue weighted by Gasteiger charge is 1.99. The summed E-state index contributed by atoms with van der Waals surface area (Å²) in [5.74, 6) is 0.927. The van der Waals surface area contributed by atoms with E-state index >= 15 is 0 Å². The Morgan fingerprint density at radius 2 is 1.77 bits per heavy atom. The van der Waals surface area contributed by atoms with E-state index in [0.29, 0.717) is 0 Å². The molecule has 0 radical (unpaired) electrons. The van der Waals surface area contributed by atoms with E-state index in [1.807, 2.05) is 0 Å². The molecule has 1 rings (SSSR count). The minimum Gasteiger partial charge on any atom is -0.378 e. The SMILES string of the molecule is CCCCN=C(NCC)NCCc1ccc(N(C)C)cc1.I. The van der Waals surface area contributed by atoms with Crippen LogP contribution in [-0.4, -0.2) is 39.7 Å². The van der Waals surface area contributed by atoms with Crippen molar-refractivity contribution in [1.82, 2.24) is 10.6 Å². The van der Waals surface area contributed by atoms with Gasteiger partial charge < -0.3 is 15.5 Å². The van der Waals surface area contributed by atoms with Gasteiger partial charge in [-0.05, 0) is 37.5 Å². The zero-order valence-electron chi connectivity index (χ0n) is 14.4. The first kappa shape index (κ1) is 21.0. The van der Waals surface area contributed by atoms with Gasteiger partial charge in [0, 0.05) is 39.4 Å². The normalized spacial score (nSPS) is 10.8. The fourth-order valence-corrected chi connectivity index (χ4v) is 1.98. The van der Waals surface area contributed by atoms with Gasteiger partial charge in [-0.2, -0.15) is 0 Å². The highest BCUT2D eigenvalue weighted by atomic mass is 127. The summed E-state index contributed by atoms with van der Waals surface area (Å²) in [4.78, 5) is 6.68. The first-order chi connectivity index (χ1) is 10.2. The molecule has 2 N–H and O–H groups in total. The average molecular weight is 418 g/mol. The van der Waals surface area contributed by atoms with Gasteiger partial charge in [-0.25, -0.2) is 0 Å². The number of hydrogen-bond acceptors (Lipinski definition) is 2. The Bertz CT molecular complexity index is 415. The first-order valence-electron chi connectivity index (χ1n) is 7.95. The van der Waals surface area contributed by atoms with Gasteiger partial charge in [0.15, 0.2) is 5.96 Å². The van der Waals surface area contributed by atoms with E-state index in [-0.39, 0.29) is 24.0 Å². The van der Waals surface area contributed by atoms with Crippen LogP contribution in [0.2, 0.25) is 0 Å². The van der Waals surface area contributed by atoms with Gasteiger partial charge in [0.25, 0.3) is 0 Å². The molecule has 0 aromatic heterocycles. The highest BCUT2D eigenvalue weighted by Crippen LogP contribution is 2.12. The summed E-state index contributed by atoms with van der Waals surface area (Å²) in [6.45, 7) is 6.97. The Kier molecular flexibility index (Phi) is 12.0. The molecule has 4 nitrogen and oxygen atoms in total. The van der Waals surface area contributed by atoms with Crippen LogP contribution in [0, 0.1) is 0 Å². The van der Waals surface area contributed by atoms with Crippen LogP contribution in [0.3, 0.4) is 0 Å². The van der Waals surface area contributed by atoms with Crippen molar-refractivity contribution in [2.75, 3.05) is 38.6 Å². The van der Waals surface area contributed by atoms with Crippen molar-refractivity contribution in [2.45, 2.75) is 33.1 Å². The molecule has 1 aromatic carbocycles. The van der Waals surface area contributed by atoms with E-state index in [9.17, 15) is 0 Å². The lowest BCUT2D eigenvalue weighted by Gasteiger charge is -2.13. The van der Waals surface area contributed by atoms with Crippen LogP contribution in [-0.2, 0) is 6.42 Å². The van der Waals surface area contributed by atoms with Crippen LogP contribution < -0.4 is 15.5 Å². The second kappa shape index (κ2) is 12.6. The topological polar surface area (TPSA) is 39.7 Å². The Morgan fingerprint density at radius 1 is 1.09 bits per heavy atom. The van der Waals surface area contributed by atoms with Crippen LogP contribution in [0.4, 0.5) is 5.69 Å². The van der Waals surface area contributed by atoms with Gasteiger partial charge in [-0.15, -0.1) is 24.0 Å². The Morgan fingerprint density at radius 3 is 2.32 bits per heavy atom. The third-order valence-corrected chi connectivity index (χ3v) is 3.28. The molecule has 0 aliphatic rings. The number of guanidine groups is 1. The van der Waals surface area contributed by atoms with Gasteiger partial charge in [-0.1, -0.05) is 25.5 Å². The standard InChI is InChI=1S/C17H30N4.HI/c1-5-7-13-19-17(18-6-2)20-14-12-15-8-10-16(11-9-15)21(3)4;/h8-11H,5-7,12-14H2,1-4H3,(H2,18,19,20);1H. The van der Waals surface area contributed by atoms with E-state index in [1.54, 1.807) is 0 Å². The van der Waals surface area contributed by atoms with Crippen molar-refractivity contribution in [3.8, 4) is 0 Å². The third-order valence-electron chi connectivity index (χ3n) is 3.28. The predicted molar refractivity (Wildman–Crippen MR) is 109 cm³/mol. The van der Waals surface area contributed by atoms with E-state index in [4.69, 9.17) is 0 Å². The first-order valence-corrected chi connectivity index (χ1v) is 7.95. The molecule has 0 atom stereocenters. The summed E-state index contributed by atoms with van der Waals surface area (Å²) in [5.41, 5.74) is 2.58. The monoisotopic (exact) mass is 418 g/mol. The molecule has 0 fully saturated rings. The maximum Gasteiger partial charge on any atom is 0.191 e. The fraction of sp³-hybridized carbons (Fsp3) is 0.588. The second-order valence-electron chi connectivity index (χ2n) is 5.35. The van der Waals surface area contributed by atoms with Crippen molar-refractivity contribution in [3.05, 3.63) is 29.8 Å².